The first-order valence-electron chi connectivity index (χ1n) is 8.67. The van der Waals surface area contributed by atoms with Gasteiger partial charge in [-0.15, -0.1) is 11.6 Å². The number of nitrogens with zero attached hydrogens (tertiary/aromatic N) is 4. The minimum absolute atomic E-state index is 0.139. The highest BCUT2D eigenvalue weighted by Crippen LogP contribution is 2.39. The number of fused-ring (bicyclic) bond motifs is 1. The number of rotatable bonds is 5. The first kappa shape index (κ1) is 18.2. The lowest BCUT2D eigenvalue weighted by molar-refractivity contribution is -0.194. The highest BCUT2D eigenvalue weighted by atomic mass is 35.5. The summed E-state index contributed by atoms with van der Waals surface area (Å²) in [5.41, 5.74) is 7.03. The Balaban J connectivity index is 1.59. The second-order valence-corrected chi connectivity index (χ2v) is 7.86. The number of hydrogen-bond acceptors (Lipinski definition) is 8. The van der Waals surface area contributed by atoms with Crippen LogP contribution in [0.25, 0.3) is 11.2 Å². The zero-order valence-electron chi connectivity index (χ0n) is 14.5. The van der Waals surface area contributed by atoms with Crippen LogP contribution in [0.1, 0.15) is 25.5 Å². The summed E-state index contributed by atoms with van der Waals surface area (Å²) in [6.45, 7) is 0.726. The fourth-order valence-electron chi connectivity index (χ4n) is 3.43. The van der Waals surface area contributed by atoms with E-state index in [-0.39, 0.29) is 18.5 Å². The number of ether oxygens (including phenoxy) is 3. The Morgan fingerprint density at radius 3 is 3.04 bits per heavy atom. The lowest BCUT2D eigenvalue weighted by atomic mass is 10.1. The van der Waals surface area contributed by atoms with Gasteiger partial charge in [-0.05, 0) is 25.5 Å². The van der Waals surface area contributed by atoms with Gasteiger partial charge in [0, 0.05) is 12.4 Å². The lowest BCUT2D eigenvalue weighted by Crippen LogP contribution is -2.38. The Hall–Kier alpha value is -1.13. The average Bonchev–Trinajstić information content (AvgIpc) is 3.20. The standard InChI is InChI=1S/C16H22ClN5O3S/c1-26-6-9-13(25-10-4-2-3-5-23-10)11(17)16(24-9)22-8-21-12-14(18)19-7-20-15(12)22/h7-11,13,16H,2-6H2,1H3,(H2,18,19,20)/t9-,10?,11+,13-,16-/m1/s1. The van der Waals surface area contributed by atoms with E-state index in [9.17, 15) is 0 Å². The molecule has 0 bridgehead atoms. The predicted octanol–water partition coefficient (Wildman–Crippen LogP) is 2.19. The van der Waals surface area contributed by atoms with Crippen LogP contribution in [0.15, 0.2) is 12.7 Å². The van der Waals surface area contributed by atoms with E-state index >= 15 is 0 Å². The minimum atomic E-state index is -0.443. The molecule has 4 heterocycles. The number of halogens is 1. The molecule has 4 rings (SSSR count). The first-order chi connectivity index (χ1) is 12.7. The largest absolute Gasteiger partial charge is 0.382 e. The quantitative estimate of drug-likeness (QED) is 0.764. The van der Waals surface area contributed by atoms with Gasteiger partial charge in [0.15, 0.2) is 24.0 Å². The molecule has 142 valence electrons. The highest BCUT2D eigenvalue weighted by Gasteiger charge is 2.47. The van der Waals surface area contributed by atoms with Crippen LogP contribution in [-0.4, -0.2) is 62.0 Å². The van der Waals surface area contributed by atoms with E-state index in [1.54, 1.807) is 18.1 Å². The number of anilines is 1. The topological polar surface area (TPSA) is 97.3 Å². The third-order valence-corrected chi connectivity index (χ3v) is 5.83. The van der Waals surface area contributed by atoms with Crippen molar-refractivity contribution in [2.75, 3.05) is 24.3 Å². The zero-order valence-corrected chi connectivity index (χ0v) is 16.0. The molecule has 0 amide bonds. The molecular formula is C16H22ClN5O3S. The summed E-state index contributed by atoms with van der Waals surface area (Å²) < 4.78 is 20.0. The van der Waals surface area contributed by atoms with Crippen molar-refractivity contribution in [3.8, 4) is 0 Å². The van der Waals surface area contributed by atoms with Crippen molar-refractivity contribution in [3.63, 3.8) is 0 Å². The summed E-state index contributed by atoms with van der Waals surface area (Å²) in [6, 6.07) is 0. The van der Waals surface area contributed by atoms with Gasteiger partial charge in [-0.2, -0.15) is 11.8 Å². The van der Waals surface area contributed by atoms with E-state index in [0.29, 0.717) is 17.0 Å². The van der Waals surface area contributed by atoms with Gasteiger partial charge < -0.3 is 19.9 Å². The maximum absolute atomic E-state index is 6.79. The molecule has 0 saturated carbocycles. The first-order valence-corrected chi connectivity index (χ1v) is 10.5. The third kappa shape index (κ3) is 3.38. The van der Waals surface area contributed by atoms with Crippen molar-refractivity contribution < 1.29 is 14.2 Å². The molecule has 0 spiro atoms. The van der Waals surface area contributed by atoms with Crippen molar-refractivity contribution in [2.45, 2.75) is 49.4 Å². The van der Waals surface area contributed by atoms with Gasteiger partial charge in [-0.3, -0.25) is 4.57 Å². The fraction of sp³-hybridized carbons (Fsp3) is 0.688. The molecule has 0 aromatic carbocycles. The molecule has 10 heteroatoms. The predicted molar refractivity (Wildman–Crippen MR) is 100 cm³/mol. The van der Waals surface area contributed by atoms with Crippen LogP contribution >= 0.6 is 23.4 Å². The van der Waals surface area contributed by atoms with E-state index in [2.05, 4.69) is 15.0 Å². The zero-order chi connectivity index (χ0) is 18.1. The molecule has 0 radical (unpaired) electrons. The second kappa shape index (κ2) is 7.85. The fourth-order valence-corrected chi connectivity index (χ4v) is 4.43. The molecule has 2 aliphatic heterocycles. The lowest BCUT2D eigenvalue weighted by Gasteiger charge is -2.29. The van der Waals surface area contributed by atoms with Gasteiger partial charge in [-0.1, -0.05) is 0 Å². The Kier molecular flexibility index (Phi) is 5.51. The molecule has 2 aromatic rings. The molecule has 8 nitrogen and oxygen atoms in total. The van der Waals surface area contributed by atoms with Crippen LogP contribution < -0.4 is 5.73 Å². The van der Waals surface area contributed by atoms with Crippen molar-refractivity contribution >= 4 is 40.3 Å². The Bertz CT molecular complexity index is 757. The minimum Gasteiger partial charge on any atom is -0.382 e. The smallest absolute Gasteiger partial charge is 0.167 e. The van der Waals surface area contributed by atoms with Gasteiger partial charge in [0.05, 0.1) is 12.4 Å². The molecule has 2 aliphatic rings. The monoisotopic (exact) mass is 399 g/mol. The average molecular weight is 400 g/mol. The summed E-state index contributed by atoms with van der Waals surface area (Å²) in [4.78, 5) is 12.6. The molecular weight excluding hydrogens is 378 g/mol. The van der Waals surface area contributed by atoms with Crippen LogP contribution in [0.4, 0.5) is 5.82 Å². The molecule has 5 atom stereocenters. The SMILES string of the molecule is CSC[C@H]1O[C@@H](n2cnc3c(N)ncnc32)[C@@H](Cl)[C@@H]1OC1CCCCO1. The summed E-state index contributed by atoms with van der Waals surface area (Å²) in [5, 5.41) is -0.397. The second-order valence-electron chi connectivity index (χ2n) is 6.44. The van der Waals surface area contributed by atoms with Gasteiger partial charge >= 0.3 is 0 Å². The number of hydrogen-bond donors (Lipinski definition) is 1. The molecule has 26 heavy (non-hydrogen) atoms. The van der Waals surface area contributed by atoms with E-state index in [1.807, 2.05) is 10.8 Å². The molecule has 0 aliphatic carbocycles. The van der Waals surface area contributed by atoms with Crippen molar-refractivity contribution in [2.24, 2.45) is 0 Å². The number of alkyl halides is 1. The Morgan fingerprint density at radius 2 is 2.27 bits per heavy atom. The number of aromatic nitrogens is 4. The Morgan fingerprint density at radius 1 is 1.38 bits per heavy atom. The van der Waals surface area contributed by atoms with E-state index in [0.717, 1.165) is 31.6 Å². The summed E-state index contributed by atoms with van der Waals surface area (Å²) >= 11 is 8.48. The summed E-state index contributed by atoms with van der Waals surface area (Å²) in [5.74, 6) is 1.11. The number of nitrogen functional groups attached to an aromatic ring is 1. The van der Waals surface area contributed by atoms with E-state index in [4.69, 9.17) is 31.5 Å². The van der Waals surface area contributed by atoms with Crippen LogP contribution in [0, 0.1) is 0 Å². The Labute approximate surface area is 160 Å². The molecule has 2 N–H and O–H groups in total. The summed E-state index contributed by atoms with van der Waals surface area (Å²) in [7, 11) is 0. The normalized spacial score (nSPS) is 32.3. The van der Waals surface area contributed by atoms with Crippen LogP contribution in [-0.2, 0) is 14.2 Å². The van der Waals surface area contributed by atoms with Gasteiger partial charge in [0.1, 0.15) is 23.3 Å². The maximum atomic E-state index is 6.79. The maximum Gasteiger partial charge on any atom is 0.167 e. The van der Waals surface area contributed by atoms with Crippen LogP contribution in [0.2, 0.25) is 0 Å². The van der Waals surface area contributed by atoms with E-state index in [1.165, 1.54) is 6.33 Å². The van der Waals surface area contributed by atoms with Crippen LogP contribution in [0.3, 0.4) is 0 Å². The van der Waals surface area contributed by atoms with Gasteiger partial charge in [0.25, 0.3) is 0 Å². The molecule has 2 saturated heterocycles. The van der Waals surface area contributed by atoms with Gasteiger partial charge in [-0.25, -0.2) is 15.0 Å². The number of nitrogens with two attached hydrogens (primary N) is 1. The molecule has 2 fully saturated rings. The van der Waals surface area contributed by atoms with Crippen molar-refractivity contribution in [3.05, 3.63) is 12.7 Å². The summed E-state index contributed by atoms with van der Waals surface area (Å²) in [6.07, 6.45) is 7.08. The number of imidazole rings is 1. The highest BCUT2D eigenvalue weighted by molar-refractivity contribution is 7.98. The third-order valence-electron chi connectivity index (χ3n) is 4.71. The molecule has 1 unspecified atom stereocenters. The van der Waals surface area contributed by atoms with Crippen LogP contribution in [0.5, 0.6) is 0 Å². The van der Waals surface area contributed by atoms with Crippen molar-refractivity contribution in [1.29, 1.82) is 0 Å². The van der Waals surface area contributed by atoms with E-state index < -0.39 is 11.6 Å². The van der Waals surface area contributed by atoms with Gasteiger partial charge in [0.2, 0.25) is 0 Å². The van der Waals surface area contributed by atoms with Crippen molar-refractivity contribution in [1.82, 2.24) is 19.5 Å². The molecule has 2 aromatic heterocycles. The number of thioether (sulfide) groups is 1.